The number of hydrogen-bond donors (Lipinski definition) is 1. The molecule has 1 heterocycles. The second-order valence-corrected chi connectivity index (χ2v) is 5.20. The second-order valence-electron chi connectivity index (χ2n) is 5.20. The minimum absolute atomic E-state index is 0.620. The van der Waals surface area contributed by atoms with Gasteiger partial charge in [-0.05, 0) is 20.3 Å². The Balaban J connectivity index is 2.32. The van der Waals surface area contributed by atoms with Crippen molar-refractivity contribution in [2.45, 2.75) is 52.1 Å². The van der Waals surface area contributed by atoms with Gasteiger partial charge in [0.05, 0.1) is 0 Å². The summed E-state index contributed by atoms with van der Waals surface area (Å²) in [4.78, 5) is 5.15. The number of hydrogen-bond acceptors (Lipinski definition) is 3. The molecule has 16 heavy (non-hydrogen) atoms. The summed E-state index contributed by atoms with van der Waals surface area (Å²) in [6.07, 6.45) is 3.86. The lowest BCUT2D eigenvalue weighted by molar-refractivity contribution is 0.0767. The van der Waals surface area contributed by atoms with Gasteiger partial charge >= 0.3 is 0 Å². The fraction of sp³-hybridized carbons (Fsp3) is 1.00. The summed E-state index contributed by atoms with van der Waals surface area (Å²) in [5.41, 5.74) is 5.88. The van der Waals surface area contributed by atoms with Crippen molar-refractivity contribution in [2.75, 3.05) is 32.7 Å². The predicted octanol–water partition coefficient (Wildman–Crippen LogP) is 1.53. The highest BCUT2D eigenvalue weighted by atomic mass is 15.3. The van der Waals surface area contributed by atoms with Crippen LogP contribution in [0.2, 0.25) is 0 Å². The minimum atomic E-state index is 0.620. The van der Waals surface area contributed by atoms with Gasteiger partial charge in [-0.1, -0.05) is 19.8 Å². The molecule has 0 aromatic heterocycles. The first-order valence-electron chi connectivity index (χ1n) is 6.87. The highest BCUT2D eigenvalue weighted by molar-refractivity contribution is 4.80. The van der Waals surface area contributed by atoms with Crippen molar-refractivity contribution in [3.63, 3.8) is 0 Å². The molecule has 0 amide bonds. The summed E-state index contributed by atoms with van der Waals surface area (Å²) in [6.45, 7) is 12.5. The third-order valence-electron chi connectivity index (χ3n) is 3.76. The first-order valence-corrected chi connectivity index (χ1v) is 6.87. The van der Waals surface area contributed by atoms with Gasteiger partial charge in [0.1, 0.15) is 0 Å². The molecule has 1 fully saturated rings. The van der Waals surface area contributed by atoms with Gasteiger partial charge in [-0.25, -0.2) is 0 Å². The topological polar surface area (TPSA) is 32.5 Å². The Kier molecular flexibility index (Phi) is 6.32. The Hall–Kier alpha value is -0.120. The second kappa shape index (κ2) is 7.25. The van der Waals surface area contributed by atoms with Crippen molar-refractivity contribution in [1.82, 2.24) is 9.80 Å². The molecule has 3 heteroatoms. The normalized spacial score (nSPS) is 21.6. The monoisotopic (exact) mass is 227 g/mol. The molecule has 0 radical (unpaired) electrons. The van der Waals surface area contributed by atoms with E-state index in [-0.39, 0.29) is 0 Å². The fourth-order valence-corrected chi connectivity index (χ4v) is 2.51. The number of rotatable bonds is 6. The maximum absolute atomic E-state index is 5.88. The molecule has 0 saturated carbocycles. The molecule has 3 nitrogen and oxygen atoms in total. The van der Waals surface area contributed by atoms with Crippen molar-refractivity contribution < 1.29 is 0 Å². The maximum atomic E-state index is 5.88. The van der Waals surface area contributed by atoms with E-state index in [0.29, 0.717) is 12.1 Å². The van der Waals surface area contributed by atoms with Crippen molar-refractivity contribution in [2.24, 2.45) is 5.73 Å². The zero-order valence-electron chi connectivity index (χ0n) is 11.3. The van der Waals surface area contributed by atoms with E-state index in [1.807, 2.05) is 0 Å². The molecule has 0 spiro atoms. The predicted molar refractivity (Wildman–Crippen MR) is 70.6 cm³/mol. The molecule has 1 aliphatic heterocycles. The molecule has 1 atom stereocenters. The molecule has 0 aromatic carbocycles. The van der Waals surface area contributed by atoms with Crippen LogP contribution in [-0.2, 0) is 0 Å². The van der Waals surface area contributed by atoms with Gasteiger partial charge < -0.3 is 5.73 Å². The van der Waals surface area contributed by atoms with Crippen LogP contribution in [0.4, 0.5) is 0 Å². The Bertz CT molecular complexity index is 174. The molecule has 1 unspecified atom stereocenters. The van der Waals surface area contributed by atoms with Crippen LogP contribution in [0.1, 0.15) is 40.0 Å². The van der Waals surface area contributed by atoms with E-state index >= 15 is 0 Å². The lowest BCUT2D eigenvalue weighted by Gasteiger charge is -2.40. The molecule has 0 aliphatic carbocycles. The van der Waals surface area contributed by atoms with E-state index in [0.717, 1.165) is 6.54 Å². The fourth-order valence-electron chi connectivity index (χ4n) is 2.51. The summed E-state index contributed by atoms with van der Waals surface area (Å²) in [5.74, 6) is 0. The van der Waals surface area contributed by atoms with Gasteiger partial charge in [0, 0.05) is 44.8 Å². The summed E-state index contributed by atoms with van der Waals surface area (Å²) in [6, 6.07) is 1.31. The molecule has 2 N–H and O–H groups in total. The number of piperazine rings is 1. The number of nitrogens with zero attached hydrogens (tertiary/aromatic N) is 2. The third kappa shape index (κ3) is 4.04. The molecular weight excluding hydrogens is 198 g/mol. The number of unbranched alkanes of at least 4 members (excludes halogenated alkanes) is 1. The highest BCUT2D eigenvalue weighted by Crippen LogP contribution is 2.12. The van der Waals surface area contributed by atoms with Crippen LogP contribution in [0, 0.1) is 0 Å². The smallest absolute Gasteiger partial charge is 0.0219 e. The van der Waals surface area contributed by atoms with Gasteiger partial charge in [0.25, 0.3) is 0 Å². The van der Waals surface area contributed by atoms with Crippen LogP contribution < -0.4 is 5.73 Å². The molecule has 1 aliphatic rings. The highest BCUT2D eigenvalue weighted by Gasteiger charge is 2.23. The largest absolute Gasteiger partial charge is 0.329 e. The van der Waals surface area contributed by atoms with Gasteiger partial charge in [-0.2, -0.15) is 0 Å². The Morgan fingerprint density at radius 1 is 1.06 bits per heavy atom. The van der Waals surface area contributed by atoms with Crippen LogP contribution in [-0.4, -0.2) is 54.6 Å². The Morgan fingerprint density at radius 3 is 2.06 bits per heavy atom. The van der Waals surface area contributed by atoms with Gasteiger partial charge in [0.2, 0.25) is 0 Å². The molecule has 0 bridgehead atoms. The van der Waals surface area contributed by atoms with E-state index in [9.17, 15) is 0 Å². The molecule has 1 saturated heterocycles. The lowest BCUT2D eigenvalue weighted by atomic mass is 10.1. The van der Waals surface area contributed by atoms with Crippen LogP contribution in [0.5, 0.6) is 0 Å². The van der Waals surface area contributed by atoms with E-state index in [4.69, 9.17) is 5.73 Å². The van der Waals surface area contributed by atoms with Crippen molar-refractivity contribution in [1.29, 1.82) is 0 Å². The van der Waals surface area contributed by atoms with Crippen molar-refractivity contribution >= 4 is 0 Å². The zero-order valence-corrected chi connectivity index (χ0v) is 11.3. The summed E-state index contributed by atoms with van der Waals surface area (Å²) in [7, 11) is 0. The first kappa shape index (κ1) is 13.9. The van der Waals surface area contributed by atoms with Crippen molar-refractivity contribution in [3.8, 4) is 0 Å². The summed E-state index contributed by atoms with van der Waals surface area (Å²) < 4.78 is 0. The SMILES string of the molecule is CCCCC(CN)N1CCN(C(C)C)CC1. The van der Waals surface area contributed by atoms with E-state index in [1.165, 1.54) is 45.4 Å². The van der Waals surface area contributed by atoms with Gasteiger partial charge in [0.15, 0.2) is 0 Å². The maximum Gasteiger partial charge on any atom is 0.0219 e. The van der Waals surface area contributed by atoms with Crippen LogP contribution in [0.3, 0.4) is 0 Å². The van der Waals surface area contributed by atoms with E-state index in [1.54, 1.807) is 0 Å². The van der Waals surface area contributed by atoms with Gasteiger partial charge in [-0.3, -0.25) is 9.80 Å². The van der Waals surface area contributed by atoms with E-state index < -0.39 is 0 Å². The molecule has 1 rings (SSSR count). The first-order chi connectivity index (χ1) is 7.69. The third-order valence-corrected chi connectivity index (χ3v) is 3.76. The summed E-state index contributed by atoms with van der Waals surface area (Å²) in [5, 5.41) is 0. The minimum Gasteiger partial charge on any atom is -0.329 e. The van der Waals surface area contributed by atoms with Crippen LogP contribution in [0.25, 0.3) is 0 Å². The van der Waals surface area contributed by atoms with Crippen LogP contribution in [0.15, 0.2) is 0 Å². The van der Waals surface area contributed by atoms with Crippen LogP contribution >= 0.6 is 0 Å². The quantitative estimate of drug-likeness (QED) is 0.747. The Morgan fingerprint density at radius 2 is 1.62 bits per heavy atom. The standard InChI is InChI=1S/C13H29N3/c1-4-5-6-13(11-14)16-9-7-15(8-10-16)12(2)3/h12-13H,4-11,14H2,1-3H3. The average molecular weight is 227 g/mol. The average Bonchev–Trinajstić information content (AvgIpc) is 2.30. The molecule has 96 valence electrons. The molecule has 0 aromatic rings. The van der Waals surface area contributed by atoms with Crippen molar-refractivity contribution in [3.05, 3.63) is 0 Å². The van der Waals surface area contributed by atoms with Gasteiger partial charge in [-0.15, -0.1) is 0 Å². The Labute approximate surface area is 101 Å². The number of nitrogens with two attached hydrogens (primary N) is 1. The summed E-state index contributed by atoms with van der Waals surface area (Å²) >= 11 is 0. The lowest BCUT2D eigenvalue weighted by Crippen LogP contribution is -2.53. The van der Waals surface area contributed by atoms with E-state index in [2.05, 4.69) is 30.6 Å². The zero-order chi connectivity index (χ0) is 12.0. The molecular formula is C13H29N3.